The van der Waals surface area contributed by atoms with Gasteiger partial charge in [0.25, 0.3) is 0 Å². The highest BCUT2D eigenvalue weighted by Crippen LogP contribution is 2.38. The van der Waals surface area contributed by atoms with E-state index in [9.17, 15) is 26.7 Å². The summed E-state index contributed by atoms with van der Waals surface area (Å²) in [5, 5.41) is 13.4. The van der Waals surface area contributed by atoms with Gasteiger partial charge in [-0.25, -0.2) is 13.4 Å². The number of rotatable bonds is 8. The van der Waals surface area contributed by atoms with Gasteiger partial charge < -0.3 is 9.52 Å². The lowest BCUT2D eigenvalue weighted by Crippen LogP contribution is -2.22. The third kappa shape index (κ3) is 6.35. The predicted molar refractivity (Wildman–Crippen MR) is 131 cm³/mol. The van der Waals surface area contributed by atoms with E-state index in [0.29, 0.717) is 23.4 Å². The number of oxazole rings is 1. The molecule has 7 nitrogen and oxygen atoms in total. The number of aliphatic hydroxyl groups excluding tert-OH is 1. The molecule has 2 aromatic heterocycles. The molecule has 2 heterocycles. The molecular weight excluding hydrogens is 507 g/mol. The maximum absolute atomic E-state index is 13.0. The van der Waals surface area contributed by atoms with Crippen LogP contribution in [-0.4, -0.2) is 29.7 Å². The van der Waals surface area contributed by atoms with Gasteiger partial charge in [-0.1, -0.05) is 31.2 Å². The number of allylic oxidation sites excluding steroid dienone is 4. The summed E-state index contributed by atoms with van der Waals surface area (Å²) in [6.45, 7) is 3.48. The summed E-state index contributed by atoms with van der Waals surface area (Å²) >= 11 is 0. The van der Waals surface area contributed by atoms with Gasteiger partial charge in [-0.15, -0.1) is 0 Å². The van der Waals surface area contributed by atoms with E-state index in [4.69, 9.17) is 4.42 Å². The molecule has 0 bridgehead atoms. The fourth-order valence-corrected chi connectivity index (χ4v) is 5.82. The summed E-state index contributed by atoms with van der Waals surface area (Å²) in [6, 6.07) is 10.5. The number of aromatic nitrogens is 2. The van der Waals surface area contributed by atoms with Crippen LogP contribution in [-0.2, 0) is 22.1 Å². The maximum atomic E-state index is 13.0. The molecule has 3 aromatic rings. The molecule has 2 unspecified atom stereocenters. The van der Waals surface area contributed by atoms with Crippen molar-refractivity contribution in [1.82, 2.24) is 15.3 Å². The monoisotopic (exact) mass is 533 g/mol. The van der Waals surface area contributed by atoms with Crippen LogP contribution in [0.4, 0.5) is 13.2 Å². The Labute approximate surface area is 212 Å². The number of nitrogens with one attached hydrogen (secondary N) is 1. The molecule has 1 aromatic carbocycles. The van der Waals surface area contributed by atoms with Crippen molar-refractivity contribution in [2.24, 2.45) is 5.92 Å². The van der Waals surface area contributed by atoms with E-state index in [1.807, 2.05) is 12.1 Å². The summed E-state index contributed by atoms with van der Waals surface area (Å²) < 4.78 is 70.7. The van der Waals surface area contributed by atoms with Crippen molar-refractivity contribution in [1.29, 1.82) is 0 Å². The smallest absolute Gasteiger partial charge is 0.412 e. The Kier molecular flexibility index (Phi) is 7.67. The molecule has 1 aliphatic carbocycles. The van der Waals surface area contributed by atoms with Crippen LogP contribution < -0.4 is 5.32 Å². The molecule has 2 N–H and O–H groups in total. The molecule has 4 rings (SSSR count). The second kappa shape index (κ2) is 10.6. The lowest BCUT2D eigenvalue weighted by Gasteiger charge is -2.22. The van der Waals surface area contributed by atoms with Crippen LogP contribution in [0.25, 0.3) is 11.5 Å². The van der Waals surface area contributed by atoms with Crippen molar-refractivity contribution < 1.29 is 31.1 Å². The van der Waals surface area contributed by atoms with E-state index in [1.54, 1.807) is 43.6 Å². The molecule has 0 amide bonds. The van der Waals surface area contributed by atoms with Gasteiger partial charge in [0.05, 0.1) is 5.69 Å². The van der Waals surface area contributed by atoms with E-state index in [1.165, 1.54) is 6.92 Å². The first-order chi connectivity index (χ1) is 17.4. The van der Waals surface area contributed by atoms with Crippen molar-refractivity contribution in [2.75, 3.05) is 0 Å². The summed E-state index contributed by atoms with van der Waals surface area (Å²) in [5.74, 6) is -0.777. The fraction of sp³-hybridized carbons (Fsp3) is 0.308. The largest absolute Gasteiger partial charge is 0.441 e. The topological polar surface area (TPSA) is 105 Å². The Bertz CT molecular complexity index is 1410. The quantitative estimate of drug-likeness (QED) is 0.386. The highest BCUT2D eigenvalue weighted by Gasteiger charge is 2.38. The average molecular weight is 534 g/mol. The maximum Gasteiger partial charge on any atom is 0.412 e. The third-order valence-corrected chi connectivity index (χ3v) is 8.01. The molecule has 2 atom stereocenters. The van der Waals surface area contributed by atoms with Gasteiger partial charge in [0.2, 0.25) is 5.89 Å². The zero-order valence-electron chi connectivity index (χ0n) is 20.2. The molecule has 0 aliphatic heterocycles. The minimum Gasteiger partial charge on any atom is -0.441 e. The van der Waals surface area contributed by atoms with Gasteiger partial charge >= 0.3 is 6.18 Å². The standard InChI is InChI=1S/C26H26F3N3O4S/c1-16-12-21(26(27,28)29)9-10-23(16)37(34,35)15-22-17(2)36-25(32-22)20-7-5-19(6-8-20)24(33)31-14-18-4-3-11-30-13-18/h3-11,13,16,24,31,33H,12,14-15H2,1-2H3. The second-order valence-electron chi connectivity index (χ2n) is 8.91. The van der Waals surface area contributed by atoms with Crippen molar-refractivity contribution in [3.63, 3.8) is 0 Å². The number of sulfone groups is 1. The molecular formula is C26H26F3N3O4S. The van der Waals surface area contributed by atoms with Crippen LogP contribution in [0, 0.1) is 12.8 Å². The zero-order valence-corrected chi connectivity index (χ0v) is 21.0. The van der Waals surface area contributed by atoms with E-state index >= 15 is 0 Å². The van der Waals surface area contributed by atoms with Crippen molar-refractivity contribution in [3.8, 4) is 11.5 Å². The van der Waals surface area contributed by atoms with Crippen LogP contribution in [0.2, 0.25) is 0 Å². The van der Waals surface area contributed by atoms with Gasteiger partial charge in [-0.05, 0) is 54.7 Å². The van der Waals surface area contributed by atoms with Crippen LogP contribution in [0.15, 0.2) is 75.8 Å². The molecule has 0 saturated carbocycles. The van der Waals surface area contributed by atoms with E-state index < -0.39 is 45.9 Å². The summed E-state index contributed by atoms with van der Waals surface area (Å²) in [5.41, 5.74) is 1.56. The van der Waals surface area contributed by atoms with Gasteiger partial charge in [-0.2, -0.15) is 13.2 Å². The first kappa shape index (κ1) is 26.8. The number of pyridine rings is 1. The van der Waals surface area contributed by atoms with Crippen LogP contribution >= 0.6 is 0 Å². The van der Waals surface area contributed by atoms with Crippen molar-refractivity contribution in [2.45, 2.75) is 45.0 Å². The molecule has 11 heteroatoms. The number of halogens is 3. The minimum absolute atomic E-state index is 0.0541. The highest BCUT2D eigenvalue weighted by molar-refractivity contribution is 7.94. The van der Waals surface area contributed by atoms with Crippen LogP contribution in [0.1, 0.15) is 42.2 Å². The minimum atomic E-state index is -4.49. The van der Waals surface area contributed by atoms with Gasteiger partial charge in [0.1, 0.15) is 17.7 Å². The highest BCUT2D eigenvalue weighted by atomic mass is 32.2. The number of aliphatic hydroxyl groups is 1. The second-order valence-corrected chi connectivity index (χ2v) is 10.9. The number of nitrogens with zero attached hydrogens (tertiary/aromatic N) is 2. The van der Waals surface area contributed by atoms with E-state index in [2.05, 4.69) is 15.3 Å². The van der Waals surface area contributed by atoms with Crippen molar-refractivity contribution >= 4 is 9.84 Å². The summed E-state index contributed by atoms with van der Waals surface area (Å²) in [4.78, 5) is 8.31. The Hall–Kier alpha value is -3.28. The van der Waals surface area contributed by atoms with Crippen molar-refractivity contribution in [3.05, 3.63) is 94.0 Å². The van der Waals surface area contributed by atoms with E-state index in [0.717, 1.165) is 17.7 Å². The third-order valence-electron chi connectivity index (χ3n) is 6.10. The molecule has 0 saturated heterocycles. The normalized spacial score (nSPS) is 17.3. The predicted octanol–water partition coefficient (Wildman–Crippen LogP) is 5.15. The lowest BCUT2D eigenvalue weighted by atomic mass is 9.95. The SMILES string of the molecule is Cc1oc(-c2ccc(C(O)NCc3cccnc3)cc2)nc1CS(=O)(=O)C1=CC=C(C(F)(F)F)CC1C. The van der Waals surface area contributed by atoms with Gasteiger partial charge in [0, 0.05) is 35.0 Å². The van der Waals surface area contributed by atoms with Crippen LogP contribution in [0.3, 0.4) is 0 Å². The summed E-state index contributed by atoms with van der Waals surface area (Å²) in [6.07, 6.45) is -0.565. The molecule has 0 radical (unpaired) electrons. The lowest BCUT2D eigenvalue weighted by molar-refractivity contribution is -0.0950. The average Bonchev–Trinajstić information content (AvgIpc) is 3.21. The number of hydrogen-bond donors (Lipinski definition) is 2. The number of aryl methyl sites for hydroxylation is 1. The van der Waals surface area contributed by atoms with Gasteiger partial charge in [-0.3, -0.25) is 10.3 Å². The molecule has 0 spiro atoms. The Morgan fingerprint density at radius 1 is 1.19 bits per heavy atom. The Morgan fingerprint density at radius 3 is 2.54 bits per heavy atom. The van der Waals surface area contributed by atoms with E-state index in [-0.39, 0.29) is 16.5 Å². The molecule has 196 valence electrons. The van der Waals surface area contributed by atoms with Gasteiger partial charge in [0.15, 0.2) is 9.84 Å². The molecule has 37 heavy (non-hydrogen) atoms. The summed E-state index contributed by atoms with van der Waals surface area (Å²) in [7, 11) is -3.91. The number of benzene rings is 1. The Balaban J connectivity index is 1.46. The molecule has 1 aliphatic rings. The molecule has 0 fully saturated rings. The zero-order chi connectivity index (χ0) is 26.8. The first-order valence-electron chi connectivity index (χ1n) is 11.5. The first-order valence-corrected chi connectivity index (χ1v) is 13.2. The Morgan fingerprint density at radius 2 is 1.92 bits per heavy atom. The fourth-order valence-electron chi connectivity index (χ4n) is 4.06. The van der Waals surface area contributed by atoms with Crippen LogP contribution in [0.5, 0.6) is 0 Å². The number of hydrogen-bond acceptors (Lipinski definition) is 7. The number of alkyl halides is 3.